The minimum Gasteiger partial charge on any atom is -0.355 e. The molecule has 1 amide bonds. The van der Waals surface area contributed by atoms with E-state index < -0.39 is 30.2 Å². The van der Waals surface area contributed by atoms with Crippen molar-refractivity contribution in [1.29, 1.82) is 0 Å². The van der Waals surface area contributed by atoms with Gasteiger partial charge in [0, 0.05) is 35.6 Å². The van der Waals surface area contributed by atoms with Crippen LogP contribution in [-0.2, 0) is 11.3 Å². The molecule has 1 saturated heterocycles. The van der Waals surface area contributed by atoms with E-state index >= 15 is 0 Å². The number of hydrazone groups is 1. The van der Waals surface area contributed by atoms with Crippen LogP contribution in [0.2, 0.25) is 0 Å². The number of hydrogen-bond acceptors (Lipinski definition) is 5. The summed E-state index contributed by atoms with van der Waals surface area (Å²) in [5.41, 5.74) is 3.65. The normalized spacial score (nSPS) is 24.0. The molecule has 178 valence electrons. The molecule has 0 bridgehead atoms. The van der Waals surface area contributed by atoms with Crippen LogP contribution in [0.25, 0.3) is 10.8 Å². The molecule has 0 spiro atoms. The van der Waals surface area contributed by atoms with Crippen molar-refractivity contribution in [2.45, 2.75) is 37.6 Å². The molecule has 11 heteroatoms. The summed E-state index contributed by atoms with van der Waals surface area (Å²) in [6.07, 6.45) is 2.54. The summed E-state index contributed by atoms with van der Waals surface area (Å²) in [5, 5.41) is 8.81. The SMILES string of the molecule is O=C(Cn1ccc2cccc(NC3=CC4C=NNC4C(Cl)=C3)c2c1=O)N1CCC[C@H]1C(F)(F)F. The summed E-state index contributed by atoms with van der Waals surface area (Å²) in [7, 11) is 0. The van der Waals surface area contributed by atoms with E-state index in [-0.39, 0.29) is 31.3 Å². The number of halogens is 4. The third-order valence-corrected chi connectivity index (χ3v) is 6.69. The Bertz CT molecular complexity index is 1300. The smallest absolute Gasteiger partial charge is 0.355 e. The van der Waals surface area contributed by atoms with Gasteiger partial charge in [-0.2, -0.15) is 18.3 Å². The highest BCUT2D eigenvalue weighted by atomic mass is 35.5. The van der Waals surface area contributed by atoms with E-state index in [9.17, 15) is 22.8 Å². The molecule has 1 aliphatic carbocycles. The molecule has 3 aliphatic rings. The van der Waals surface area contributed by atoms with Crippen molar-refractivity contribution in [2.75, 3.05) is 11.9 Å². The van der Waals surface area contributed by atoms with Crippen LogP contribution < -0.4 is 16.3 Å². The molecule has 0 radical (unpaired) electrons. The fourth-order valence-corrected chi connectivity index (χ4v) is 5.01. The maximum atomic E-state index is 13.3. The lowest BCUT2D eigenvalue weighted by Gasteiger charge is -2.27. The van der Waals surface area contributed by atoms with Crippen molar-refractivity contribution in [3.63, 3.8) is 0 Å². The molecule has 2 aliphatic heterocycles. The summed E-state index contributed by atoms with van der Waals surface area (Å²) < 4.78 is 41.0. The predicted molar refractivity (Wildman–Crippen MR) is 124 cm³/mol. The predicted octanol–water partition coefficient (Wildman–Crippen LogP) is 3.56. The zero-order valence-electron chi connectivity index (χ0n) is 17.8. The molecule has 0 saturated carbocycles. The van der Waals surface area contributed by atoms with Gasteiger partial charge in [0.15, 0.2) is 0 Å². The summed E-state index contributed by atoms with van der Waals surface area (Å²) in [6, 6.07) is 5.02. The number of carbonyl (C=O) groups is 1. The highest BCUT2D eigenvalue weighted by molar-refractivity contribution is 6.30. The number of amides is 1. The number of pyridine rings is 1. The topological polar surface area (TPSA) is 78.7 Å². The highest BCUT2D eigenvalue weighted by Gasteiger charge is 2.47. The number of fused-ring (bicyclic) bond motifs is 2. The van der Waals surface area contributed by atoms with Gasteiger partial charge in [0.2, 0.25) is 5.91 Å². The van der Waals surface area contributed by atoms with Crippen LogP contribution in [0.5, 0.6) is 0 Å². The number of carbonyl (C=O) groups excluding carboxylic acids is 1. The van der Waals surface area contributed by atoms with E-state index in [1.54, 1.807) is 36.6 Å². The van der Waals surface area contributed by atoms with Gasteiger partial charge >= 0.3 is 6.18 Å². The summed E-state index contributed by atoms with van der Waals surface area (Å²) >= 11 is 6.37. The van der Waals surface area contributed by atoms with Crippen molar-refractivity contribution < 1.29 is 18.0 Å². The third kappa shape index (κ3) is 4.06. The van der Waals surface area contributed by atoms with Gasteiger partial charge in [-0.25, -0.2) is 0 Å². The second kappa shape index (κ2) is 8.50. The summed E-state index contributed by atoms with van der Waals surface area (Å²) in [5.74, 6) is -0.762. The number of likely N-dealkylation sites (tertiary alicyclic amines) is 1. The molecule has 3 heterocycles. The second-order valence-electron chi connectivity index (χ2n) is 8.54. The van der Waals surface area contributed by atoms with E-state index in [2.05, 4.69) is 15.8 Å². The quantitative estimate of drug-likeness (QED) is 0.685. The molecular weight excluding hydrogens is 471 g/mol. The van der Waals surface area contributed by atoms with Crippen LogP contribution in [0, 0.1) is 5.92 Å². The van der Waals surface area contributed by atoms with Gasteiger partial charge in [-0.05, 0) is 42.5 Å². The van der Waals surface area contributed by atoms with Crippen LogP contribution in [0.1, 0.15) is 12.8 Å². The van der Waals surface area contributed by atoms with Crippen molar-refractivity contribution >= 4 is 40.2 Å². The van der Waals surface area contributed by atoms with Gasteiger partial charge in [-0.15, -0.1) is 0 Å². The molecule has 7 nitrogen and oxygen atoms in total. The molecular formula is C23H21ClF3N5O2. The third-order valence-electron chi connectivity index (χ3n) is 6.35. The Balaban J connectivity index is 1.44. The standard InChI is InChI=1S/C23H21ClF3N5O2/c24-16-10-15(9-14-11-28-30-21(14)16)29-17-4-1-3-13-6-8-31(22(34)20(13)17)12-19(33)32-7-2-5-18(32)23(25,26)27/h1,3-4,6,8-11,14,18,21,29-30H,2,5,7,12H2/t14?,18-,21?/m0/s1. The summed E-state index contributed by atoms with van der Waals surface area (Å²) in [4.78, 5) is 26.8. The van der Waals surface area contributed by atoms with E-state index in [0.717, 1.165) is 9.47 Å². The first kappa shape index (κ1) is 22.5. The average Bonchev–Trinajstić information content (AvgIpc) is 3.45. The Labute approximate surface area is 197 Å². The lowest BCUT2D eigenvalue weighted by Crippen LogP contribution is -2.46. The number of rotatable bonds is 4. The van der Waals surface area contributed by atoms with E-state index in [1.165, 1.54) is 6.20 Å². The number of anilines is 1. The number of nitrogens with one attached hydrogen (secondary N) is 2. The first-order chi connectivity index (χ1) is 16.2. The van der Waals surface area contributed by atoms with Gasteiger partial charge in [-0.1, -0.05) is 23.7 Å². The Morgan fingerprint density at radius 1 is 1.29 bits per heavy atom. The maximum absolute atomic E-state index is 13.3. The van der Waals surface area contributed by atoms with Crippen molar-refractivity contribution in [1.82, 2.24) is 14.9 Å². The first-order valence-electron chi connectivity index (χ1n) is 10.9. The number of nitrogens with zero attached hydrogens (tertiary/aromatic N) is 3. The Hall–Kier alpha value is -3.27. The zero-order chi connectivity index (χ0) is 24.0. The van der Waals surface area contributed by atoms with E-state index in [0.29, 0.717) is 27.2 Å². The van der Waals surface area contributed by atoms with Gasteiger partial charge in [-0.3, -0.25) is 9.59 Å². The number of allylic oxidation sites excluding steroid dienone is 1. The Kier molecular flexibility index (Phi) is 5.63. The van der Waals surface area contributed by atoms with Crippen LogP contribution in [0.15, 0.2) is 63.2 Å². The molecule has 2 N–H and O–H groups in total. The average molecular weight is 492 g/mol. The fourth-order valence-electron chi connectivity index (χ4n) is 4.69. The number of hydrogen-bond donors (Lipinski definition) is 2. The van der Waals surface area contributed by atoms with Crippen LogP contribution in [0.3, 0.4) is 0 Å². The first-order valence-corrected chi connectivity index (χ1v) is 11.2. The molecule has 1 aromatic carbocycles. The largest absolute Gasteiger partial charge is 0.408 e. The van der Waals surface area contributed by atoms with Crippen LogP contribution >= 0.6 is 11.6 Å². The Morgan fingerprint density at radius 2 is 2.12 bits per heavy atom. The molecule has 2 unspecified atom stereocenters. The van der Waals surface area contributed by atoms with Gasteiger partial charge < -0.3 is 20.2 Å². The number of alkyl halides is 3. The van der Waals surface area contributed by atoms with Gasteiger partial charge in [0.1, 0.15) is 12.6 Å². The van der Waals surface area contributed by atoms with Gasteiger partial charge in [0.05, 0.1) is 17.1 Å². The van der Waals surface area contributed by atoms with Crippen molar-refractivity contribution in [2.24, 2.45) is 11.0 Å². The fraction of sp³-hybridized carbons (Fsp3) is 0.348. The van der Waals surface area contributed by atoms with Crippen molar-refractivity contribution in [3.8, 4) is 0 Å². The second-order valence-corrected chi connectivity index (χ2v) is 8.98. The minimum atomic E-state index is -4.49. The van der Waals surface area contributed by atoms with Crippen LogP contribution in [-0.4, -0.2) is 46.4 Å². The lowest BCUT2D eigenvalue weighted by molar-refractivity contribution is -0.183. The lowest BCUT2D eigenvalue weighted by atomic mass is 9.96. The minimum absolute atomic E-state index is 0.0275. The molecule has 3 atom stereocenters. The molecule has 34 heavy (non-hydrogen) atoms. The van der Waals surface area contributed by atoms with Crippen molar-refractivity contribution in [3.05, 3.63) is 63.7 Å². The zero-order valence-corrected chi connectivity index (χ0v) is 18.6. The Morgan fingerprint density at radius 3 is 2.91 bits per heavy atom. The maximum Gasteiger partial charge on any atom is 0.408 e. The molecule has 1 aromatic heterocycles. The van der Waals surface area contributed by atoms with E-state index in [1.807, 2.05) is 6.08 Å². The van der Waals surface area contributed by atoms with Crippen LogP contribution in [0.4, 0.5) is 18.9 Å². The molecule has 5 rings (SSSR count). The monoisotopic (exact) mass is 491 g/mol. The van der Waals surface area contributed by atoms with Gasteiger partial charge in [0.25, 0.3) is 5.56 Å². The number of aromatic nitrogens is 1. The highest BCUT2D eigenvalue weighted by Crippen LogP contribution is 2.33. The molecule has 1 fully saturated rings. The van der Waals surface area contributed by atoms with E-state index in [4.69, 9.17) is 11.6 Å². The molecule has 2 aromatic rings. The summed E-state index contributed by atoms with van der Waals surface area (Å²) in [6.45, 7) is -0.435. The number of benzene rings is 1.